The van der Waals surface area contributed by atoms with E-state index >= 15 is 0 Å². The smallest absolute Gasteiger partial charge is 0.387 e. The van der Waals surface area contributed by atoms with Crippen LogP contribution in [0.5, 0.6) is 5.75 Å². The summed E-state index contributed by atoms with van der Waals surface area (Å²) in [5, 5.41) is 11.4. The van der Waals surface area contributed by atoms with E-state index in [1.54, 1.807) is 0 Å². The number of esters is 1. The second-order valence-electron chi connectivity index (χ2n) is 5.61. The molecule has 1 aliphatic rings. The quantitative estimate of drug-likeness (QED) is 0.769. The number of hydrogen-bond acceptors (Lipinski definition) is 5. The molecule has 10 heteroatoms. The second kappa shape index (κ2) is 8.45. The molecule has 8 nitrogen and oxygen atoms in total. The van der Waals surface area contributed by atoms with E-state index in [2.05, 4.69) is 14.8 Å². The molecule has 0 bridgehead atoms. The Kier molecular flexibility index (Phi) is 6.31. The summed E-state index contributed by atoms with van der Waals surface area (Å²) in [7, 11) is 1.15. The summed E-state index contributed by atoms with van der Waals surface area (Å²) < 4.78 is 34.1. The van der Waals surface area contributed by atoms with Crippen LogP contribution in [0.1, 0.15) is 23.2 Å². The number of carboxylic acids is 1. The molecule has 0 aromatic heterocycles. The Labute approximate surface area is 147 Å². The third kappa shape index (κ3) is 4.80. The fraction of sp³-hybridized carbons (Fsp3) is 0.438. The predicted molar refractivity (Wildman–Crippen MR) is 85.4 cm³/mol. The number of alkyl halides is 2. The van der Waals surface area contributed by atoms with Crippen molar-refractivity contribution in [1.82, 2.24) is 4.90 Å². The van der Waals surface area contributed by atoms with Gasteiger partial charge < -0.3 is 24.8 Å². The fourth-order valence-electron chi connectivity index (χ4n) is 2.59. The van der Waals surface area contributed by atoms with Crippen LogP contribution >= 0.6 is 0 Å². The average molecular weight is 372 g/mol. The van der Waals surface area contributed by atoms with Gasteiger partial charge in [0.2, 0.25) is 0 Å². The largest absolute Gasteiger partial charge is 0.481 e. The number of benzene rings is 1. The van der Waals surface area contributed by atoms with E-state index in [1.165, 1.54) is 17.0 Å². The number of carboxylic acid groups (broad SMARTS) is 1. The molecule has 142 valence electrons. The van der Waals surface area contributed by atoms with Crippen molar-refractivity contribution in [3.63, 3.8) is 0 Å². The Morgan fingerprint density at radius 1 is 1.27 bits per heavy atom. The molecule has 0 radical (unpaired) electrons. The Morgan fingerprint density at radius 2 is 1.92 bits per heavy atom. The Morgan fingerprint density at radius 3 is 2.46 bits per heavy atom. The minimum absolute atomic E-state index is 0.0107. The van der Waals surface area contributed by atoms with Crippen molar-refractivity contribution in [1.29, 1.82) is 0 Å². The van der Waals surface area contributed by atoms with E-state index in [9.17, 15) is 23.2 Å². The van der Waals surface area contributed by atoms with Gasteiger partial charge in [0, 0.05) is 13.1 Å². The van der Waals surface area contributed by atoms with Crippen LogP contribution in [0.4, 0.5) is 19.3 Å². The lowest BCUT2D eigenvalue weighted by atomic mass is 9.97. The second-order valence-corrected chi connectivity index (χ2v) is 5.61. The van der Waals surface area contributed by atoms with Gasteiger partial charge in [0.1, 0.15) is 0 Å². The summed E-state index contributed by atoms with van der Waals surface area (Å²) in [6.45, 7) is -2.69. The van der Waals surface area contributed by atoms with Gasteiger partial charge in [-0.05, 0) is 31.0 Å². The van der Waals surface area contributed by atoms with Crippen molar-refractivity contribution in [3.05, 3.63) is 23.8 Å². The first kappa shape index (κ1) is 19.4. The molecule has 1 aromatic rings. The number of nitrogens with zero attached hydrogens (tertiary/aromatic N) is 1. The van der Waals surface area contributed by atoms with Gasteiger partial charge in [-0.2, -0.15) is 8.78 Å². The molecule has 1 fully saturated rings. The fourth-order valence-corrected chi connectivity index (χ4v) is 2.59. The molecule has 2 rings (SSSR count). The van der Waals surface area contributed by atoms with Crippen LogP contribution in [-0.4, -0.2) is 54.8 Å². The number of halogens is 2. The number of carbonyl (C=O) groups excluding carboxylic acids is 2. The SMILES string of the molecule is COC(=O)c1ccc(NC(=O)N2CCC(C(=O)O)CC2)c(OC(F)F)c1. The molecule has 2 N–H and O–H groups in total. The van der Waals surface area contributed by atoms with Crippen LogP contribution in [0.25, 0.3) is 0 Å². The van der Waals surface area contributed by atoms with Crippen LogP contribution in [0.15, 0.2) is 18.2 Å². The normalized spacial score (nSPS) is 14.8. The lowest BCUT2D eigenvalue weighted by Gasteiger charge is -2.30. The minimum atomic E-state index is -3.15. The van der Waals surface area contributed by atoms with Gasteiger partial charge in [0.25, 0.3) is 0 Å². The van der Waals surface area contributed by atoms with Crippen molar-refractivity contribution in [3.8, 4) is 5.75 Å². The highest BCUT2D eigenvalue weighted by molar-refractivity contribution is 5.94. The van der Waals surface area contributed by atoms with E-state index in [0.717, 1.165) is 13.2 Å². The van der Waals surface area contributed by atoms with Crippen LogP contribution in [0.3, 0.4) is 0 Å². The van der Waals surface area contributed by atoms with Gasteiger partial charge in [0.05, 0.1) is 24.3 Å². The first-order valence-corrected chi connectivity index (χ1v) is 7.77. The number of piperidine rings is 1. The Bertz CT molecular complexity index is 689. The van der Waals surface area contributed by atoms with Gasteiger partial charge in [-0.15, -0.1) is 0 Å². The summed E-state index contributed by atoms with van der Waals surface area (Å²) in [5.74, 6) is -2.53. The van der Waals surface area contributed by atoms with Crippen molar-refractivity contribution in [2.24, 2.45) is 5.92 Å². The maximum absolute atomic E-state index is 12.6. The lowest BCUT2D eigenvalue weighted by molar-refractivity contribution is -0.143. The van der Waals surface area contributed by atoms with Gasteiger partial charge in [-0.1, -0.05) is 0 Å². The summed E-state index contributed by atoms with van der Waals surface area (Å²) in [4.78, 5) is 36.1. The molecule has 0 saturated carbocycles. The number of urea groups is 1. The third-order valence-corrected chi connectivity index (χ3v) is 3.99. The Balaban J connectivity index is 2.11. The number of carbonyl (C=O) groups is 3. The first-order chi connectivity index (χ1) is 12.3. The van der Waals surface area contributed by atoms with Crippen LogP contribution < -0.4 is 10.1 Å². The first-order valence-electron chi connectivity index (χ1n) is 7.77. The number of likely N-dealkylation sites (tertiary alicyclic amines) is 1. The van der Waals surface area contributed by atoms with Crippen molar-refractivity contribution >= 4 is 23.7 Å². The van der Waals surface area contributed by atoms with Gasteiger partial charge in [-0.3, -0.25) is 4.79 Å². The zero-order chi connectivity index (χ0) is 19.3. The maximum atomic E-state index is 12.6. The monoisotopic (exact) mass is 372 g/mol. The molecule has 1 saturated heterocycles. The van der Waals surface area contributed by atoms with Crippen LogP contribution in [0, 0.1) is 5.92 Å². The zero-order valence-electron chi connectivity index (χ0n) is 13.9. The summed E-state index contributed by atoms with van der Waals surface area (Å²) in [6.07, 6.45) is 0.620. The number of ether oxygens (including phenoxy) is 2. The molecule has 0 atom stereocenters. The van der Waals surface area contributed by atoms with E-state index in [1.807, 2.05) is 0 Å². The standard InChI is InChI=1S/C16H18F2N2O6/c1-25-14(23)10-2-3-11(12(8-10)26-15(17)18)19-16(24)20-6-4-9(5-7-20)13(21)22/h2-3,8-9,15H,4-7H2,1H3,(H,19,24)(H,21,22). The minimum Gasteiger partial charge on any atom is -0.481 e. The number of amides is 2. The molecule has 1 aliphatic heterocycles. The number of anilines is 1. The topological polar surface area (TPSA) is 105 Å². The summed E-state index contributed by atoms with van der Waals surface area (Å²) in [5.41, 5.74) is -0.0493. The molecule has 1 aromatic carbocycles. The van der Waals surface area contributed by atoms with Crippen molar-refractivity contribution < 1.29 is 37.7 Å². The summed E-state index contributed by atoms with van der Waals surface area (Å²) >= 11 is 0. The zero-order valence-corrected chi connectivity index (χ0v) is 13.9. The van der Waals surface area contributed by atoms with Crippen molar-refractivity contribution in [2.75, 3.05) is 25.5 Å². The molecular weight excluding hydrogens is 354 g/mol. The lowest BCUT2D eigenvalue weighted by Crippen LogP contribution is -2.42. The molecule has 26 heavy (non-hydrogen) atoms. The number of nitrogens with one attached hydrogen (secondary N) is 1. The predicted octanol–water partition coefficient (Wildman–Crippen LogP) is 2.40. The third-order valence-electron chi connectivity index (χ3n) is 3.99. The molecule has 0 unspecified atom stereocenters. The molecule has 0 spiro atoms. The molecule has 0 aliphatic carbocycles. The van der Waals surface area contributed by atoms with E-state index in [-0.39, 0.29) is 30.1 Å². The number of hydrogen-bond donors (Lipinski definition) is 2. The maximum Gasteiger partial charge on any atom is 0.387 e. The van der Waals surface area contributed by atoms with Crippen LogP contribution in [0.2, 0.25) is 0 Å². The highest BCUT2D eigenvalue weighted by Crippen LogP contribution is 2.29. The van der Waals surface area contributed by atoms with Gasteiger partial charge in [0.15, 0.2) is 5.75 Å². The molecule has 2 amide bonds. The Hall–Kier alpha value is -2.91. The van der Waals surface area contributed by atoms with E-state index in [4.69, 9.17) is 5.11 Å². The van der Waals surface area contributed by atoms with E-state index in [0.29, 0.717) is 12.8 Å². The van der Waals surface area contributed by atoms with Crippen LogP contribution in [-0.2, 0) is 9.53 Å². The highest BCUT2D eigenvalue weighted by atomic mass is 19.3. The van der Waals surface area contributed by atoms with Gasteiger partial charge in [-0.25, -0.2) is 9.59 Å². The number of methoxy groups -OCH3 is 1. The molecule has 1 heterocycles. The highest BCUT2D eigenvalue weighted by Gasteiger charge is 2.27. The number of rotatable bonds is 5. The number of aliphatic carboxylic acids is 1. The van der Waals surface area contributed by atoms with E-state index < -0.39 is 30.5 Å². The average Bonchev–Trinajstić information content (AvgIpc) is 2.62. The molecular formula is C16H18F2N2O6. The van der Waals surface area contributed by atoms with Crippen molar-refractivity contribution in [2.45, 2.75) is 19.5 Å². The summed E-state index contributed by atoms with van der Waals surface area (Å²) in [6, 6.07) is 3.03. The van der Waals surface area contributed by atoms with Gasteiger partial charge >= 0.3 is 24.6 Å².